The Kier molecular flexibility index (Phi) is 9.14. The second-order valence-corrected chi connectivity index (χ2v) is 9.64. The molecule has 2 aromatic carbocycles. The minimum atomic E-state index is -0.356. The van der Waals surface area contributed by atoms with E-state index in [0.29, 0.717) is 13.0 Å². The fraction of sp³-hybridized carbons (Fsp3) is 0.464. The van der Waals surface area contributed by atoms with E-state index < -0.39 is 0 Å². The van der Waals surface area contributed by atoms with E-state index in [1.165, 1.54) is 0 Å². The maximum Gasteiger partial charge on any atom is 0.324 e. The SMILES string of the molecule is CCN1CCN(C(=O)N(CCCCCCC(=O)NO)c2ccc(-c3ccc4cnn(C)c4c3)cc2)CC1. The van der Waals surface area contributed by atoms with Gasteiger partial charge in [-0.05, 0) is 48.7 Å². The molecular formula is C28H38N6O3. The number of anilines is 1. The lowest BCUT2D eigenvalue weighted by molar-refractivity contribution is -0.129. The zero-order valence-electron chi connectivity index (χ0n) is 21.9. The van der Waals surface area contributed by atoms with Gasteiger partial charge in [-0.15, -0.1) is 0 Å². The van der Waals surface area contributed by atoms with Gasteiger partial charge in [0.05, 0.1) is 11.7 Å². The molecule has 2 N–H and O–H groups in total. The molecule has 9 heteroatoms. The molecule has 1 saturated heterocycles. The number of carbonyl (C=O) groups excluding carboxylic acids is 2. The van der Waals surface area contributed by atoms with Gasteiger partial charge in [-0.1, -0.05) is 44.0 Å². The molecule has 198 valence electrons. The van der Waals surface area contributed by atoms with Crippen LogP contribution in [0.3, 0.4) is 0 Å². The van der Waals surface area contributed by atoms with Gasteiger partial charge in [-0.25, -0.2) is 10.3 Å². The Bertz CT molecular complexity index is 1180. The Labute approximate surface area is 218 Å². The number of aryl methyl sites for hydroxylation is 1. The van der Waals surface area contributed by atoms with Crippen LogP contribution < -0.4 is 10.4 Å². The number of fused-ring (bicyclic) bond motifs is 1. The molecular weight excluding hydrogens is 468 g/mol. The number of likely N-dealkylation sites (N-methyl/N-ethyl adjacent to an activating group) is 1. The number of hydrogen-bond donors (Lipinski definition) is 2. The Morgan fingerprint density at radius 2 is 1.68 bits per heavy atom. The standard InChI is InChI=1S/C28H38N6O3/c1-3-32-16-18-33(19-17-32)28(36)34(15-7-5-4-6-8-27(35)30-37)25-13-11-22(12-14-25)23-9-10-24-21-29-31(2)26(24)20-23/h9-14,20-21,37H,3-8,15-19H2,1-2H3,(H,30,35). The van der Waals surface area contributed by atoms with Crippen molar-refractivity contribution in [1.29, 1.82) is 0 Å². The van der Waals surface area contributed by atoms with Crippen LogP contribution in [0.2, 0.25) is 0 Å². The van der Waals surface area contributed by atoms with Gasteiger partial charge in [0.2, 0.25) is 5.91 Å². The van der Waals surface area contributed by atoms with Crippen molar-refractivity contribution in [2.75, 3.05) is 44.2 Å². The number of hydrogen-bond acceptors (Lipinski definition) is 5. The third-order valence-corrected chi connectivity index (χ3v) is 7.24. The van der Waals surface area contributed by atoms with Crippen molar-refractivity contribution in [3.05, 3.63) is 48.7 Å². The van der Waals surface area contributed by atoms with Gasteiger partial charge in [0.25, 0.3) is 0 Å². The van der Waals surface area contributed by atoms with Crippen molar-refractivity contribution >= 4 is 28.5 Å². The predicted molar refractivity (Wildman–Crippen MR) is 146 cm³/mol. The summed E-state index contributed by atoms with van der Waals surface area (Å²) in [6, 6.07) is 14.6. The first kappa shape index (κ1) is 26.6. The number of piperazine rings is 1. The molecule has 1 aliphatic rings. The predicted octanol–water partition coefficient (Wildman–Crippen LogP) is 4.26. The van der Waals surface area contributed by atoms with Crippen molar-refractivity contribution in [1.82, 2.24) is 25.1 Å². The maximum absolute atomic E-state index is 13.6. The minimum Gasteiger partial charge on any atom is -0.322 e. The van der Waals surface area contributed by atoms with Crippen LogP contribution in [0.4, 0.5) is 10.5 Å². The average Bonchev–Trinajstić information content (AvgIpc) is 3.32. The highest BCUT2D eigenvalue weighted by molar-refractivity contribution is 5.92. The monoisotopic (exact) mass is 506 g/mol. The second-order valence-electron chi connectivity index (χ2n) is 9.64. The summed E-state index contributed by atoms with van der Waals surface area (Å²) < 4.78 is 1.88. The summed E-state index contributed by atoms with van der Waals surface area (Å²) >= 11 is 0. The molecule has 0 saturated carbocycles. The number of carbonyl (C=O) groups is 2. The van der Waals surface area contributed by atoms with Crippen LogP contribution in [-0.2, 0) is 11.8 Å². The summed E-state index contributed by atoms with van der Waals surface area (Å²) in [5.74, 6) is -0.356. The van der Waals surface area contributed by atoms with Gasteiger partial charge < -0.3 is 9.80 Å². The molecule has 0 radical (unpaired) electrons. The first-order valence-electron chi connectivity index (χ1n) is 13.2. The lowest BCUT2D eigenvalue weighted by Crippen LogP contribution is -2.53. The summed E-state index contributed by atoms with van der Waals surface area (Å²) in [6.07, 6.45) is 5.53. The summed E-state index contributed by atoms with van der Waals surface area (Å²) in [5.41, 5.74) is 5.87. The largest absolute Gasteiger partial charge is 0.324 e. The molecule has 1 fully saturated rings. The molecule has 2 heterocycles. The molecule has 3 amide bonds. The molecule has 0 aliphatic carbocycles. The number of unbranched alkanes of at least 4 members (excludes halogenated alkanes) is 3. The first-order valence-corrected chi connectivity index (χ1v) is 13.2. The quantitative estimate of drug-likeness (QED) is 0.243. The van der Waals surface area contributed by atoms with E-state index in [1.807, 2.05) is 39.9 Å². The summed E-state index contributed by atoms with van der Waals surface area (Å²) in [5, 5.41) is 14.1. The van der Waals surface area contributed by atoms with Gasteiger partial charge in [0, 0.05) is 57.3 Å². The molecule has 0 bridgehead atoms. The fourth-order valence-corrected chi connectivity index (χ4v) is 4.88. The normalized spacial score (nSPS) is 14.2. The van der Waals surface area contributed by atoms with Crippen LogP contribution in [-0.4, -0.2) is 76.0 Å². The number of urea groups is 1. The highest BCUT2D eigenvalue weighted by atomic mass is 16.5. The smallest absolute Gasteiger partial charge is 0.322 e. The number of nitrogens with zero attached hydrogens (tertiary/aromatic N) is 5. The van der Waals surface area contributed by atoms with Gasteiger partial charge in [-0.3, -0.25) is 19.6 Å². The van der Waals surface area contributed by atoms with Crippen LogP contribution >= 0.6 is 0 Å². The Hall–Kier alpha value is -3.43. The molecule has 9 nitrogen and oxygen atoms in total. The van der Waals surface area contributed by atoms with Gasteiger partial charge in [0.1, 0.15) is 0 Å². The van der Waals surface area contributed by atoms with Crippen LogP contribution in [0, 0.1) is 0 Å². The Morgan fingerprint density at radius 3 is 2.38 bits per heavy atom. The topological polar surface area (TPSA) is 93.9 Å². The van der Waals surface area contributed by atoms with Crippen LogP contribution in [0.5, 0.6) is 0 Å². The highest BCUT2D eigenvalue weighted by Crippen LogP contribution is 2.27. The molecule has 0 spiro atoms. The van der Waals surface area contributed by atoms with Crippen molar-refractivity contribution < 1.29 is 14.8 Å². The van der Waals surface area contributed by atoms with Crippen molar-refractivity contribution in [2.24, 2.45) is 7.05 Å². The van der Waals surface area contributed by atoms with Crippen LogP contribution in [0.15, 0.2) is 48.7 Å². The van der Waals surface area contributed by atoms with Crippen LogP contribution in [0.1, 0.15) is 39.0 Å². The lowest BCUT2D eigenvalue weighted by atomic mass is 10.0. The van der Waals surface area contributed by atoms with E-state index in [1.54, 1.807) is 5.48 Å². The molecule has 0 unspecified atom stereocenters. The number of rotatable bonds is 10. The highest BCUT2D eigenvalue weighted by Gasteiger charge is 2.25. The zero-order valence-corrected chi connectivity index (χ0v) is 21.9. The summed E-state index contributed by atoms with van der Waals surface area (Å²) in [7, 11) is 1.94. The number of aromatic nitrogens is 2. The van der Waals surface area contributed by atoms with Gasteiger partial charge in [0.15, 0.2) is 0 Å². The second kappa shape index (κ2) is 12.7. The summed E-state index contributed by atoms with van der Waals surface area (Å²) in [6.45, 7) is 7.06. The maximum atomic E-state index is 13.6. The number of nitrogens with one attached hydrogen (secondary N) is 1. The third-order valence-electron chi connectivity index (χ3n) is 7.24. The lowest BCUT2D eigenvalue weighted by Gasteiger charge is -2.37. The van der Waals surface area contributed by atoms with Gasteiger partial charge in [-0.2, -0.15) is 5.10 Å². The Balaban J connectivity index is 1.45. The fourth-order valence-electron chi connectivity index (χ4n) is 4.88. The molecule has 4 rings (SSSR count). The van der Waals surface area contributed by atoms with Crippen molar-refractivity contribution in [3.63, 3.8) is 0 Å². The zero-order chi connectivity index (χ0) is 26.2. The van der Waals surface area contributed by atoms with Crippen molar-refractivity contribution in [2.45, 2.75) is 39.0 Å². The first-order chi connectivity index (χ1) is 18.0. The molecule has 1 aromatic heterocycles. The van der Waals surface area contributed by atoms with E-state index in [4.69, 9.17) is 5.21 Å². The van der Waals surface area contributed by atoms with Crippen molar-refractivity contribution in [3.8, 4) is 11.1 Å². The number of hydroxylamine groups is 1. The summed E-state index contributed by atoms with van der Waals surface area (Å²) in [4.78, 5) is 31.0. The average molecular weight is 507 g/mol. The molecule has 0 atom stereocenters. The van der Waals surface area contributed by atoms with E-state index in [9.17, 15) is 9.59 Å². The molecule has 3 aromatic rings. The number of amides is 3. The third kappa shape index (κ3) is 6.67. The van der Waals surface area contributed by atoms with E-state index >= 15 is 0 Å². The number of benzene rings is 2. The minimum absolute atomic E-state index is 0.0551. The van der Waals surface area contributed by atoms with E-state index in [2.05, 4.69) is 47.3 Å². The molecule has 1 aliphatic heterocycles. The van der Waals surface area contributed by atoms with Gasteiger partial charge >= 0.3 is 6.03 Å². The van der Waals surface area contributed by atoms with E-state index in [0.717, 1.165) is 86.1 Å². The molecule has 37 heavy (non-hydrogen) atoms. The van der Waals surface area contributed by atoms with Crippen LogP contribution in [0.25, 0.3) is 22.0 Å². The van der Waals surface area contributed by atoms with E-state index in [-0.39, 0.29) is 11.9 Å². The Morgan fingerprint density at radius 1 is 0.973 bits per heavy atom.